The average molecular weight is 670 g/mol. The topological polar surface area (TPSA) is 147 Å². The normalized spacial score (nSPS) is 33.2. The van der Waals surface area contributed by atoms with Gasteiger partial charge < -0.3 is 43.7 Å². The summed E-state index contributed by atoms with van der Waals surface area (Å²) in [4.78, 5) is 18.5. The Morgan fingerprint density at radius 2 is 1.71 bits per heavy atom. The Balaban J connectivity index is 1.94. The molecule has 0 spiro atoms. The third-order valence-corrected chi connectivity index (χ3v) is 9.19. The zero-order chi connectivity index (χ0) is 28.3. The number of carbonyl (C=O) groups is 1. The summed E-state index contributed by atoms with van der Waals surface area (Å²) in [5.41, 5.74) is 0.754. The second-order valence-electron chi connectivity index (χ2n) is 8.87. The highest BCUT2D eigenvalue weighted by atomic mass is 127. The van der Waals surface area contributed by atoms with Crippen molar-refractivity contribution in [3.63, 3.8) is 0 Å². The Hall–Kier alpha value is -1.58. The van der Waals surface area contributed by atoms with Crippen molar-refractivity contribution < 1.29 is 53.4 Å². The molecule has 2 heterocycles. The summed E-state index contributed by atoms with van der Waals surface area (Å²) >= 11 is 2.92. The average Bonchev–Trinajstić information content (AvgIpc) is 2.87. The van der Waals surface area contributed by atoms with Gasteiger partial charge in [-0.2, -0.15) is 0 Å². The number of benzene rings is 1. The first-order valence-corrected chi connectivity index (χ1v) is 13.7. The summed E-state index contributed by atoms with van der Waals surface area (Å²) in [6, 6.07) is 0. The number of methoxy groups -OCH3 is 3. The predicted molar refractivity (Wildman–Crippen MR) is 145 cm³/mol. The van der Waals surface area contributed by atoms with Gasteiger partial charge >= 0.3 is 6.57 Å². The molecule has 9 atom stereocenters. The van der Waals surface area contributed by atoms with Gasteiger partial charge in [0.25, 0.3) is 6.29 Å². The van der Waals surface area contributed by atoms with E-state index in [9.17, 15) is 20.1 Å². The van der Waals surface area contributed by atoms with Crippen molar-refractivity contribution in [2.24, 2.45) is 0 Å². The van der Waals surface area contributed by atoms with E-state index in [-0.39, 0.29) is 34.3 Å². The van der Waals surface area contributed by atoms with Crippen LogP contribution in [0.25, 0.3) is 5.01 Å². The molecule has 0 amide bonds. The summed E-state index contributed by atoms with van der Waals surface area (Å²) < 4.78 is 34.4. The molecule has 2 fully saturated rings. The molecule has 2 saturated heterocycles. The van der Waals surface area contributed by atoms with E-state index in [4.69, 9.17) is 39.8 Å². The Kier molecular flexibility index (Phi) is 10.7. The molecule has 0 saturated carbocycles. The van der Waals surface area contributed by atoms with Crippen LogP contribution in [-0.2, 0) is 19.0 Å². The lowest BCUT2D eigenvalue weighted by Crippen LogP contribution is -2.59. The van der Waals surface area contributed by atoms with Gasteiger partial charge in [-0.1, -0.05) is 11.8 Å². The molecule has 1 aromatic rings. The number of halogens is 1. The summed E-state index contributed by atoms with van der Waals surface area (Å²) in [7, 11) is 4.15. The number of rotatable bonds is 8. The van der Waals surface area contributed by atoms with Crippen LogP contribution in [-0.4, -0.2) is 96.2 Å². The predicted octanol–water partition coefficient (Wildman–Crippen LogP) is 2.11. The Labute approximate surface area is 238 Å². The van der Waals surface area contributed by atoms with Crippen molar-refractivity contribution in [1.82, 2.24) is 0 Å². The van der Waals surface area contributed by atoms with Crippen molar-refractivity contribution in [3.05, 3.63) is 19.7 Å². The largest absolute Gasteiger partial charge is 0.492 e. The second-order valence-corrected chi connectivity index (χ2v) is 11.1. The Morgan fingerprint density at radius 3 is 2.26 bits per heavy atom. The van der Waals surface area contributed by atoms with E-state index in [1.807, 2.05) is 22.6 Å². The second kappa shape index (κ2) is 13.2. The van der Waals surface area contributed by atoms with Gasteiger partial charge in [0.1, 0.15) is 18.3 Å². The molecule has 1 aromatic carbocycles. The van der Waals surface area contributed by atoms with Gasteiger partial charge in [-0.3, -0.25) is 4.79 Å². The minimum atomic E-state index is -1.32. The number of nitrogens with zero attached hydrogens (tertiary/aromatic N) is 1. The van der Waals surface area contributed by atoms with E-state index in [1.54, 1.807) is 20.8 Å². The van der Waals surface area contributed by atoms with Crippen LogP contribution >= 0.6 is 34.4 Å². The number of aliphatic hydroxyl groups is 3. The van der Waals surface area contributed by atoms with Gasteiger partial charge in [0.05, 0.1) is 46.9 Å². The van der Waals surface area contributed by atoms with E-state index in [0.717, 1.165) is 11.8 Å². The highest BCUT2D eigenvalue weighted by Crippen LogP contribution is 2.48. The molecule has 3 rings (SSSR count). The lowest BCUT2D eigenvalue weighted by Gasteiger charge is -2.40. The van der Waals surface area contributed by atoms with Gasteiger partial charge in [0.15, 0.2) is 11.5 Å². The van der Waals surface area contributed by atoms with Crippen LogP contribution in [0.3, 0.4) is 0 Å². The molecule has 14 heteroatoms. The zero-order valence-electron chi connectivity index (χ0n) is 21.8. The molecular weight excluding hydrogens is 637 g/mol. The first kappa shape index (κ1) is 31.0. The van der Waals surface area contributed by atoms with Crippen molar-refractivity contribution in [3.8, 4) is 23.8 Å². The van der Waals surface area contributed by atoms with E-state index in [0.29, 0.717) is 9.13 Å². The van der Waals surface area contributed by atoms with E-state index >= 15 is 0 Å². The number of hydrogen-bond donors (Lipinski definition) is 3. The Bertz CT molecular complexity index is 1040. The lowest BCUT2D eigenvalue weighted by molar-refractivity contribution is -0.273. The maximum Gasteiger partial charge on any atom is 0.335 e. The SMILES string of the molecule is C#[N+]O[C@H]1C[C@H](O)[C@H](SC(=O)c2c(C)c(I)c(O[C@@H]3O[C@@H](C)[C@H](O)[C@@H](OC)[C@H]3O)c(OC)c2OC)[C@@H](C)O1. The highest BCUT2D eigenvalue weighted by molar-refractivity contribution is 14.1. The minimum Gasteiger partial charge on any atom is -0.492 e. The molecule has 0 bridgehead atoms. The van der Waals surface area contributed by atoms with E-state index in [1.165, 1.54) is 21.3 Å². The zero-order valence-corrected chi connectivity index (χ0v) is 24.8. The molecule has 12 nitrogen and oxygen atoms in total. The molecule has 0 aromatic heterocycles. The van der Waals surface area contributed by atoms with Gasteiger partial charge in [0.2, 0.25) is 22.2 Å². The fourth-order valence-electron chi connectivity index (χ4n) is 4.50. The Morgan fingerprint density at radius 1 is 1.05 bits per heavy atom. The van der Waals surface area contributed by atoms with Crippen LogP contribution in [0.5, 0.6) is 17.2 Å². The maximum atomic E-state index is 13.6. The first-order valence-electron chi connectivity index (χ1n) is 11.8. The van der Waals surface area contributed by atoms with Gasteiger partial charge in [-0.15, -0.1) is 4.84 Å². The summed E-state index contributed by atoms with van der Waals surface area (Å²) in [5.74, 6) is 0.412. The van der Waals surface area contributed by atoms with Gasteiger partial charge in [-0.05, 0) is 48.9 Å². The summed E-state index contributed by atoms with van der Waals surface area (Å²) in [6.07, 6.45) is -7.42. The highest BCUT2D eigenvalue weighted by Gasteiger charge is 2.46. The van der Waals surface area contributed by atoms with Gasteiger partial charge in [0, 0.05) is 13.5 Å². The molecule has 0 unspecified atom stereocenters. The quantitative estimate of drug-likeness (QED) is 0.275. The van der Waals surface area contributed by atoms with Crippen LogP contribution in [0.15, 0.2) is 0 Å². The number of ether oxygens (including phenoxy) is 6. The lowest BCUT2D eigenvalue weighted by atomic mass is 9.99. The van der Waals surface area contributed by atoms with Crippen LogP contribution < -0.4 is 14.2 Å². The molecule has 38 heavy (non-hydrogen) atoms. The summed E-state index contributed by atoms with van der Waals surface area (Å²) in [5, 5.41) is 33.8. The fraction of sp³-hybridized carbons (Fsp3) is 0.667. The van der Waals surface area contributed by atoms with Crippen LogP contribution in [0.4, 0.5) is 0 Å². The molecule has 0 aliphatic carbocycles. The van der Waals surface area contributed by atoms with Crippen LogP contribution in [0.1, 0.15) is 36.2 Å². The number of carbonyl (C=O) groups excluding carboxylic acids is 1. The fourth-order valence-corrected chi connectivity index (χ4v) is 6.27. The van der Waals surface area contributed by atoms with Gasteiger partial charge in [-0.25, -0.2) is 0 Å². The molecule has 212 valence electrons. The molecule has 2 aliphatic heterocycles. The van der Waals surface area contributed by atoms with Crippen molar-refractivity contribution in [2.75, 3.05) is 21.3 Å². The monoisotopic (exact) mass is 670 g/mol. The smallest absolute Gasteiger partial charge is 0.335 e. The van der Waals surface area contributed by atoms with Crippen LogP contribution in [0.2, 0.25) is 0 Å². The summed E-state index contributed by atoms with van der Waals surface area (Å²) in [6.45, 7) is 10.1. The maximum absolute atomic E-state index is 13.6. The third-order valence-electron chi connectivity index (χ3n) is 6.51. The standard InChI is InChI=1S/C24H33INO11S/c1-9-14(23(30)38-22-11(3)34-13(37-26-4)8-12(22)27)18(31-5)21(33-7)19(15(9)25)36-24-17(29)20(32-6)16(28)10(2)35-24/h4,10-13,16-17,20,22,24,27-29H,8H2,1-3,5-7H3/q+1/t10-,11+,12-,13-,16-,17+,20+,22+,24-/m0/s1. The number of aliphatic hydroxyl groups excluding tert-OH is 3. The van der Waals surface area contributed by atoms with Crippen LogP contribution in [0, 0.1) is 17.1 Å². The molecular formula is C24H33INO11S+. The minimum absolute atomic E-state index is 0.0824. The third kappa shape index (κ3) is 6.09. The van der Waals surface area contributed by atoms with Crippen molar-refractivity contribution in [2.45, 2.75) is 81.6 Å². The van der Waals surface area contributed by atoms with E-state index < -0.39 is 54.5 Å². The van der Waals surface area contributed by atoms with E-state index in [2.05, 4.69) is 5.01 Å². The number of thioether (sulfide) groups is 1. The molecule has 3 N–H and O–H groups in total. The first-order chi connectivity index (χ1) is 18.0. The van der Waals surface area contributed by atoms with Crippen molar-refractivity contribution in [1.29, 1.82) is 0 Å². The molecule has 2 aliphatic rings. The number of hydrogen-bond acceptors (Lipinski definition) is 12. The molecule has 0 radical (unpaired) electrons. The van der Waals surface area contributed by atoms with Crippen molar-refractivity contribution >= 4 is 39.5 Å².